The first kappa shape index (κ1) is 25.5. The highest BCUT2D eigenvalue weighted by atomic mass is 35.5. The molecule has 0 spiro atoms. The fourth-order valence-corrected chi connectivity index (χ4v) is 4.35. The lowest BCUT2D eigenvalue weighted by Gasteiger charge is -2.18. The van der Waals surface area contributed by atoms with Gasteiger partial charge in [0.2, 0.25) is 11.8 Å². The first-order valence-corrected chi connectivity index (χ1v) is 12.3. The SMILES string of the molecule is N#Cc1ccc2c(c1)-c1ccnc(c1)C(NC(=O)C=Cc1cc(Cl)ccc1-n1cnnn1)CC=CCC(=O)N2. The summed E-state index contributed by atoms with van der Waals surface area (Å²) in [6, 6.07) is 15.6. The van der Waals surface area contributed by atoms with Crippen LogP contribution in [0.25, 0.3) is 22.9 Å². The molecule has 4 aromatic rings. The summed E-state index contributed by atoms with van der Waals surface area (Å²) in [5, 5.41) is 27.1. The first-order chi connectivity index (χ1) is 19.0. The number of aromatic nitrogens is 5. The topological polar surface area (TPSA) is 138 Å². The van der Waals surface area contributed by atoms with Crippen molar-refractivity contribution < 1.29 is 9.59 Å². The number of hydrogen-bond acceptors (Lipinski definition) is 7. The fourth-order valence-electron chi connectivity index (χ4n) is 4.17. The maximum Gasteiger partial charge on any atom is 0.244 e. The minimum atomic E-state index is -0.471. The Bertz CT molecular complexity index is 1640. The van der Waals surface area contributed by atoms with E-state index in [0.29, 0.717) is 45.2 Å². The maximum atomic E-state index is 13.0. The number of nitriles is 1. The molecule has 10 nitrogen and oxygen atoms in total. The number of carbonyl (C=O) groups is 2. The number of tetrazole rings is 1. The second kappa shape index (κ2) is 11.5. The Morgan fingerprint density at radius 2 is 2.08 bits per heavy atom. The minimum Gasteiger partial charge on any atom is -0.344 e. The van der Waals surface area contributed by atoms with Crippen LogP contribution in [-0.2, 0) is 9.59 Å². The van der Waals surface area contributed by atoms with Gasteiger partial charge in [0.1, 0.15) is 6.33 Å². The molecular weight excluding hydrogens is 516 g/mol. The highest BCUT2D eigenvalue weighted by Crippen LogP contribution is 2.31. The number of pyridine rings is 1. The Morgan fingerprint density at radius 3 is 2.90 bits per heavy atom. The number of benzene rings is 2. The van der Waals surface area contributed by atoms with Crippen molar-refractivity contribution in [2.45, 2.75) is 18.9 Å². The number of nitrogens with zero attached hydrogens (tertiary/aromatic N) is 6. The predicted molar refractivity (Wildman–Crippen MR) is 145 cm³/mol. The van der Waals surface area contributed by atoms with Crippen molar-refractivity contribution in [2.75, 3.05) is 5.32 Å². The second-order valence-corrected chi connectivity index (χ2v) is 9.09. The average molecular weight is 537 g/mol. The standard InChI is InChI=1S/C28H21ClN8O2/c29-21-7-9-26(37-17-32-35-36-37)20(14-21)6-10-28(39)34-24-3-1-2-4-27(38)33-23-8-5-18(16-30)13-22(23)19-11-12-31-25(24)15-19/h1-2,5-15,17,24H,3-4H2,(H,33,38)(H,34,39). The number of rotatable bonds is 4. The van der Waals surface area contributed by atoms with Gasteiger partial charge in [-0.25, -0.2) is 0 Å². The predicted octanol–water partition coefficient (Wildman–Crippen LogP) is 4.41. The van der Waals surface area contributed by atoms with Crippen LogP contribution in [0.2, 0.25) is 5.02 Å². The van der Waals surface area contributed by atoms with E-state index in [9.17, 15) is 14.9 Å². The van der Waals surface area contributed by atoms with Crippen LogP contribution >= 0.6 is 11.6 Å². The van der Waals surface area contributed by atoms with Crippen molar-refractivity contribution in [2.24, 2.45) is 0 Å². The summed E-state index contributed by atoms with van der Waals surface area (Å²) in [5.41, 5.74) is 4.45. The number of nitrogens with one attached hydrogen (secondary N) is 2. The van der Waals surface area contributed by atoms with Gasteiger partial charge in [0, 0.05) is 40.5 Å². The number of amides is 2. The summed E-state index contributed by atoms with van der Waals surface area (Å²) in [5.74, 6) is -0.532. The molecule has 2 N–H and O–H groups in total. The van der Waals surface area contributed by atoms with Gasteiger partial charge in [-0.3, -0.25) is 14.6 Å². The summed E-state index contributed by atoms with van der Waals surface area (Å²) in [6.07, 6.45) is 10.3. The molecule has 11 heteroatoms. The van der Waals surface area contributed by atoms with Crippen LogP contribution < -0.4 is 10.6 Å². The number of hydrogen-bond donors (Lipinski definition) is 2. The van der Waals surface area contributed by atoms with Crippen molar-refractivity contribution in [3.8, 4) is 22.9 Å². The lowest BCUT2D eigenvalue weighted by atomic mass is 9.98. The molecule has 0 aliphatic carbocycles. The van der Waals surface area contributed by atoms with Crippen LogP contribution in [0.1, 0.15) is 35.7 Å². The second-order valence-electron chi connectivity index (χ2n) is 8.65. The summed E-state index contributed by atoms with van der Waals surface area (Å²) < 4.78 is 1.48. The van der Waals surface area contributed by atoms with Crippen molar-refractivity contribution >= 4 is 35.2 Å². The van der Waals surface area contributed by atoms with Gasteiger partial charge in [-0.15, -0.1) is 5.10 Å². The molecule has 0 saturated carbocycles. The van der Waals surface area contributed by atoms with Crippen LogP contribution in [-0.4, -0.2) is 37.0 Å². The molecule has 0 saturated heterocycles. The zero-order chi connectivity index (χ0) is 27.2. The third-order valence-electron chi connectivity index (χ3n) is 6.03. The van der Waals surface area contributed by atoms with Crippen molar-refractivity contribution in [1.29, 1.82) is 5.26 Å². The van der Waals surface area contributed by atoms with Gasteiger partial charge in [0.15, 0.2) is 0 Å². The molecular formula is C28H21ClN8O2. The molecule has 192 valence electrons. The molecule has 39 heavy (non-hydrogen) atoms. The van der Waals surface area contributed by atoms with E-state index in [0.717, 1.165) is 5.56 Å². The van der Waals surface area contributed by atoms with E-state index in [2.05, 4.69) is 37.2 Å². The van der Waals surface area contributed by atoms with E-state index in [1.807, 2.05) is 12.1 Å². The van der Waals surface area contributed by atoms with Gasteiger partial charge < -0.3 is 10.6 Å². The smallest absolute Gasteiger partial charge is 0.244 e. The lowest BCUT2D eigenvalue weighted by Crippen LogP contribution is -2.27. The molecule has 3 heterocycles. The van der Waals surface area contributed by atoms with Crippen LogP contribution in [0.15, 0.2) is 79.3 Å². The van der Waals surface area contributed by atoms with Gasteiger partial charge in [0.05, 0.1) is 29.1 Å². The van der Waals surface area contributed by atoms with Crippen LogP contribution in [0.4, 0.5) is 5.69 Å². The lowest BCUT2D eigenvalue weighted by molar-refractivity contribution is -0.117. The van der Waals surface area contributed by atoms with Crippen LogP contribution in [0.5, 0.6) is 0 Å². The number of carbonyl (C=O) groups excluding carboxylic acids is 2. The molecule has 2 aromatic carbocycles. The van der Waals surface area contributed by atoms with Crippen molar-refractivity contribution in [1.82, 2.24) is 30.5 Å². The number of anilines is 1. The van der Waals surface area contributed by atoms with Gasteiger partial charge in [-0.05, 0) is 77.0 Å². The average Bonchev–Trinajstić information content (AvgIpc) is 3.48. The first-order valence-electron chi connectivity index (χ1n) is 12.0. The fraction of sp³-hybridized carbons (Fsp3) is 0.107. The molecule has 1 aliphatic heterocycles. The van der Waals surface area contributed by atoms with Gasteiger partial charge in [-0.2, -0.15) is 9.94 Å². The Labute approximate surface area is 228 Å². The Morgan fingerprint density at radius 1 is 1.18 bits per heavy atom. The van der Waals surface area contributed by atoms with E-state index in [1.54, 1.807) is 60.8 Å². The van der Waals surface area contributed by atoms with Gasteiger partial charge in [-0.1, -0.05) is 23.8 Å². The molecule has 5 rings (SSSR count). The molecule has 1 atom stereocenters. The van der Waals surface area contributed by atoms with E-state index in [1.165, 1.54) is 17.1 Å². The summed E-state index contributed by atoms with van der Waals surface area (Å²) in [6.45, 7) is 0. The van der Waals surface area contributed by atoms with E-state index in [4.69, 9.17) is 11.6 Å². The molecule has 0 radical (unpaired) electrons. The van der Waals surface area contributed by atoms with Crippen LogP contribution in [0, 0.1) is 11.3 Å². The number of halogens is 1. The largest absolute Gasteiger partial charge is 0.344 e. The normalized spacial score (nSPS) is 15.0. The monoisotopic (exact) mass is 536 g/mol. The van der Waals surface area contributed by atoms with Gasteiger partial charge >= 0.3 is 0 Å². The van der Waals surface area contributed by atoms with Crippen molar-refractivity contribution in [3.05, 3.63) is 101 Å². The zero-order valence-corrected chi connectivity index (χ0v) is 21.2. The zero-order valence-electron chi connectivity index (χ0n) is 20.5. The summed E-state index contributed by atoms with van der Waals surface area (Å²) in [4.78, 5) is 30.1. The van der Waals surface area contributed by atoms with Crippen molar-refractivity contribution in [3.63, 3.8) is 0 Å². The molecule has 0 fully saturated rings. The third kappa shape index (κ3) is 6.06. The van der Waals surface area contributed by atoms with E-state index >= 15 is 0 Å². The maximum absolute atomic E-state index is 13.0. The van der Waals surface area contributed by atoms with E-state index < -0.39 is 6.04 Å². The van der Waals surface area contributed by atoms with E-state index in [-0.39, 0.29) is 18.2 Å². The highest BCUT2D eigenvalue weighted by molar-refractivity contribution is 6.30. The van der Waals surface area contributed by atoms with Crippen LogP contribution in [0.3, 0.4) is 0 Å². The minimum absolute atomic E-state index is 0.163. The molecule has 2 aromatic heterocycles. The molecule has 2 amide bonds. The molecule has 1 aliphatic rings. The molecule has 1 unspecified atom stereocenters. The Kier molecular flexibility index (Phi) is 7.52. The highest BCUT2D eigenvalue weighted by Gasteiger charge is 2.17. The molecule has 2 bridgehead atoms. The summed E-state index contributed by atoms with van der Waals surface area (Å²) in [7, 11) is 0. The Hall–Kier alpha value is -5.14. The quantitative estimate of drug-likeness (QED) is 0.291. The Balaban J connectivity index is 1.45. The van der Waals surface area contributed by atoms with Gasteiger partial charge in [0.25, 0.3) is 0 Å². The summed E-state index contributed by atoms with van der Waals surface area (Å²) >= 11 is 6.18. The number of fused-ring (bicyclic) bond motifs is 4. The third-order valence-corrected chi connectivity index (χ3v) is 6.26.